The number of likely N-dealkylation sites (N-methyl/N-ethyl adjacent to an activating group) is 1. The van der Waals surface area contributed by atoms with Crippen LogP contribution in [-0.2, 0) is 4.74 Å². The first-order valence-electron chi connectivity index (χ1n) is 5.99. The lowest BCUT2D eigenvalue weighted by atomic mass is 10.2. The normalized spacial score (nSPS) is 25.4. The molecule has 2 N–H and O–H groups in total. The van der Waals surface area contributed by atoms with Crippen molar-refractivity contribution in [2.45, 2.75) is 32.5 Å². The fourth-order valence-electron chi connectivity index (χ4n) is 1.75. The minimum Gasteiger partial charge on any atom is -0.392 e. The van der Waals surface area contributed by atoms with Gasteiger partial charge in [-0.1, -0.05) is 13.8 Å². The van der Waals surface area contributed by atoms with Crippen LogP contribution in [-0.4, -0.2) is 61.5 Å². The van der Waals surface area contributed by atoms with Crippen LogP contribution in [0.3, 0.4) is 0 Å². The molecular weight excluding hydrogens is 192 g/mol. The molecule has 90 valence electrons. The van der Waals surface area contributed by atoms with E-state index in [0.717, 1.165) is 39.2 Å². The zero-order valence-corrected chi connectivity index (χ0v) is 9.91. The second-order valence-electron chi connectivity index (χ2n) is 4.11. The molecule has 4 nitrogen and oxygen atoms in total. The molecule has 0 bridgehead atoms. The van der Waals surface area contributed by atoms with Crippen molar-refractivity contribution < 1.29 is 9.84 Å². The predicted molar refractivity (Wildman–Crippen MR) is 61.0 cm³/mol. The minimum atomic E-state index is -0.226. The van der Waals surface area contributed by atoms with Gasteiger partial charge in [-0.15, -0.1) is 0 Å². The first kappa shape index (κ1) is 12.9. The maximum absolute atomic E-state index is 9.37. The Morgan fingerprint density at radius 1 is 1.53 bits per heavy atom. The smallest absolute Gasteiger partial charge is 0.0826 e. The highest BCUT2D eigenvalue weighted by Crippen LogP contribution is 2.03. The summed E-state index contributed by atoms with van der Waals surface area (Å²) in [5.74, 6) is 0. The fraction of sp³-hybridized carbons (Fsp3) is 1.00. The Hall–Kier alpha value is -0.160. The third-order valence-corrected chi connectivity index (χ3v) is 2.89. The molecule has 15 heavy (non-hydrogen) atoms. The summed E-state index contributed by atoms with van der Waals surface area (Å²) in [6.07, 6.45) is 0.859. The number of aliphatic hydroxyl groups excluding tert-OH is 1. The van der Waals surface area contributed by atoms with E-state index in [2.05, 4.69) is 17.1 Å². The van der Waals surface area contributed by atoms with Crippen LogP contribution < -0.4 is 5.32 Å². The van der Waals surface area contributed by atoms with Gasteiger partial charge in [0.05, 0.1) is 18.8 Å². The second-order valence-corrected chi connectivity index (χ2v) is 4.11. The summed E-state index contributed by atoms with van der Waals surface area (Å²) in [7, 11) is 0. The molecular formula is C11H24N2O2. The number of nitrogens with zero attached hydrogens (tertiary/aromatic N) is 1. The van der Waals surface area contributed by atoms with Crippen LogP contribution in [0.4, 0.5) is 0 Å². The number of nitrogens with one attached hydrogen (secondary N) is 1. The highest BCUT2D eigenvalue weighted by Gasteiger charge is 2.18. The molecule has 0 aromatic heterocycles. The first-order valence-corrected chi connectivity index (χ1v) is 5.99. The molecule has 0 spiro atoms. The van der Waals surface area contributed by atoms with E-state index in [1.165, 1.54) is 0 Å². The molecule has 0 aromatic carbocycles. The molecule has 2 unspecified atom stereocenters. The Kier molecular flexibility index (Phi) is 6.17. The SMILES string of the molecule is CCC(O)CNCC1CN(CC)CCO1. The lowest BCUT2D eigenvalue weighted by Crippen LogP contribution is -2.47. The van der Waals surface area contributed by atoms with Crippen molar-refractivity contribution in [2.75, 3.05) is 39.3 Å². The Morgan fingerprint density at radius 3 is 3.00 bits per heavy atom. The maximum Gasteiger partial charge on any atom is 0.0826 e. The first-order chi connectivity index (χ1) is 7.26. The maximum atomic E-state index is 9.37. The third-order valence-electron chi connectivity index (χ3n) is 2.89. The predicted octanol–water partition coefficient (Wildman–Crippen LogP) is 0.0676. The highest BCUT2D eigenvalue weighted by atomic mass is 16.5. The van der Waals surface area contributed by atoms with E-state index in [4.69, 9.17) is 4.74 Å². The van der Waals surface area contributed by atoms with Gasteiger partial charge in [0, 0.05) is 26.2 Å². The van der Waals surface area contributed by atoms with Gasteiger partial charge in [-0.3, -0.25) is 4.90 Å². The van der Waals surface area contributed by atoms with Crippen molar-refractivity contribution in [3.8, 4) is 0 Å². The molecule has 0 amide bonds. The fourth-order valence-corrected chi connectivity index (χ4v) is 1.75. The van der Waals surface area contributed by atoms with Gasteiger partial charge in [0.25, 0.3) is 0 Å². The van der Waals surface area contributed by atoms with Gasteiger partial charge in [0.15, 0.2) is 0 Å². The average Bonchev–Trinajstić information content (AvgIpc) is 2.29. The lowest BCUT2D eigenvalue weighted by Gasteiger charge is -2.32. The van der Waals surface area contributed by atoms with Crippen molar-refractivity contribution in [2.24, 2.45) is 0 Å². The Bertz CT molecular complexity index is 167. The second kappa shape index (κ2) is 7.17. The zero-order chi connectivity index (χ0) is 11.1. The monoisotopic (exact) mass is 216 g/mol. The summed E-state index contributed by atoms with van der Waals surface area (Å²) in [6, 6.07) is 0. The van der Waals surface area contributed by atoms with Gasteiger partial charge in [-0.2, -0.15) is 0 Å². The summed E-state index contributed by atoms with van der Waals surface area (Å²) in [5.41, 5.74) is 0. The van der Waals surface area contributed by atoms with E-state index in [1.807, 2.05) is 6.92 Å². The third kappa shape index (κ3) is 4.93. The number of morpholine rings is 1. The molecule has 0 radical (unpaired) electrons. The van der Waals surface area contributed by atoms with E-state index in [0.29, 0.717) is 6.54 Å². The molecule has 4 heteroatoms. The number of hydrogen-bond acceptors (Lipinski definition) is 4. The van der Waals surface area contributed by atoms with Crippen LogP contribution in [0, 0.1) is 0 Å². The summed E-state index contributed by atoms with van der Waals surface area (Å²) in [6.45, 7) is 9.65. The van der Waals surface area contributed by atoms with Gasteiger partial charge in [0.1, 0.15) is 0 Å². The van der Waals surface area contributed by atoms with Crippen LogP contribution in [0.25, 0.3) is 0 Å². The average molecular weight is 216 g/mol. The van der Waals surface area contributed by atoms with E-state index in [-0.39, 0.29) is 12.2 Å². The van der Waals surface area contributed by atoms with Gasteiger partial charge < -0.3 is 15.2 Å². The van der Waals surface area contributed by atoms with Crippen molar-refractivity contribution in [1.82, 2.24) is 10.2 Å². The van der Waals surface area contributed by atoms with Crippen LogP contribution in [0.5, 0.6) is 0 Å². The van der Waals surface area contributed by atoms with E-state index in [1.54, 1.807) is 0 Å². The molecule has 1 aliphatic rings. The number of hydrogen-bond donors (Lipinski definition) is 2. The van der Waals surface area contributed by atoms with Gasteiger partial charge >= 0.3 is 0 Å². The van der Waals surface area contributed by atoms with E-state index < -0.39 is 0 Å². The highest BCUT2D eigenvalue weighted by molar-refractivity contribution is 4.73. The van der Waals surface area contributed by atoms with Crippen molar-refractivity contribution >= 4 is 0 Å². The summed E-state index contributed by atoms with van der Waals surface area (Å²) in [4.78, 5) is 2.39. The molecule has 1 heterocycles. The largest absolute Gasteiger partial charge is 0.392 e. The molecule has 1 rings (SSSR count). The zero-order valence-electron chi connectivity index (χ0n) is 9.91. The Balaban J connectivity index is 2.10. The Morgan fingerprint density at radius 2 is 2.33 bits per heavy atom. The van der Waals surface area contributed by atoms with Crippen LogP contribution in [0.2, 0.25) is 0 Å². The van der Waals surface area contributed by atoms with Gasteiger partial charge in [-0.05, 0) is 13.0 Å². The Labute approximate surface area is 92.6 Å². The van der Waals surface area contributed by atoms with Crippen molar-refractivity contribution in [3.63, 3.8) is 0 Å². The van der Waals surface area contributed by atoms with Crippen LogP contribution in [0.1, 0.15) is 20.3 Å². The van der Waals surface area contributed by atoms with E-state index in [9.17, 15) is 5.11 Å². The number of ether oxygens (including phenoxy) is 1. The quantitative estimate of drug-likeness (QED) is 0.659. The summed E-state index contributed by atoms with van der Waals surface area (Å²) >= 11 is 0. The molecule has 1 fully saturated rings. The number of rotatable bonds is 6. The summed E-state index contributed by atoms with van der Waals surface area (Å²) < 4.78 is 5.64. The van der Waals surface area contributed by atoms with Crippen molar-refractivity contribution in [1.29, 1.82) is 0 Å². The molecule has 0 aliphatic carbocycles. The number of aliphatic hydroxyl groups is 1. The van der Waals surface area contributed by atoms with Gasteiger partial charge in [-0.25, -0.2) is 0 Å². The molecule has 0 saturated carbocycles. The van der Waals surface area contributed by atoms with Crippen molar-refractivity contribution in [3.05, 3.63) is 0 Å². The molecule has 0 aromatic rings. The topological polar surface area (TPSA) is 44.7 Å². The molecule has 1 saturated heterocycles. The minimum absolute atomic E-state index is 0.226. The van der Waals surface area contributed by atoms with Crippen LogP contribution >= 0.6 is 0 Å². The molecule has 2 atom stereocenters. The van der Waals surface area contributed by atoms with Crippen LogP contribution in [0.15, 0.2) is 0 Å². The van der Waals surface area contributed by atoms with Gasteiger partial charge in [0.2, 0.25) is 0 Å². The summed E-state index contributed by atoms with van der Waals surface area (Å²) in [5, 5.41) is 12.6. The lowest BCUT2D eigenvalue weighted by molar-refractivity contribution is -0.0261. The molecule has 1 aliphatic heterocycles. The van der Waals surface area contributed by atoms with E-state index >= 15 is 0 Å². The standard InChI is InChI=1S/C11H24N2O2/c1-3-10(14)7-12-8-11-9-13(4-2)5-6-15-11/h10-12,14H,3-9H2,1-2H3.